The van der Waals surface area contributed by atoms with Crippen LogP contribution < -0.4 is 5.32 Å². The second-order valence-electron chi connectivity index (χ2n) is 5.51. The van der Waals surface area contributed by atoms with Crippen molar-refractivity contribution in [2.75, 3.05) is 19.5 Å². The number of ether oxygens (including phenoxy) is 2. The van der Waals surface area contributed by atoms with Crippen molar-refractivity contribution in [2.45, 2.75) is 6.42 Å². The highest BCUT2D eigenvalue weighted by Gasteiger charge is 2.28. The number of rotatable bonds is 4. The summed E-state index contributed by atoms with van der Waals surface area (Å²) in [6.07, 6.45) is 1.31. The second kappa shape index (κ2) is 7.05. The molecule has 0 aliphatic carbocycles. The minimum Gasteiger partial charge on any atom is -0.469 e. The number of amides is 1. The number of methoxy groups -OCH3 is 2. The van der Waals surface area contributed by atoms with Crippen LogP contribution in [0.2, 0.25) is 5.15 Å². The maximum Gasteiger partial charge on any atom is 0.340 e. The van der Waals surface area contributed by atoms with Gasteiger partial charge in [-0.25, -0.2) is 4.79 Å². The van der Waals surface area contributed by atoms with Crippen molar-refractivity contribution in [1.82, 2.24) is 4.98 Å². The van der Waals surface area contributed by atoms with E-state index in [-0.39, 0.29) is 34.3 Å². The number of nitrogens with one attached hydrogen (secondary N) is 2. The molecule has 0 saturated heterocycles. The highest BCUT2D eigenvalue weighted by molar-refractivity contribution is 6.35. The van der Waals surface area contributed by atoms with Gasteiger partial charge < -0.3 is 19.8 Å². The van der Waals surface area contributed by atoms with Gasteiger partial charge in [0.2, 0.25) is 0 Å². The van der Waals surface area contributed by atoms with Crippen molar-refractivity contribution < 1.29 is 23.9 Å². The van der Waals surface area contributed by atoms with Gasteiger partial charge in [0, 0.05) is 16.8 Å². The number of carbonyl (C=O) groups is 3. The van der Waals surface area contributed by atoms with E-state index in [2.05, 4.69) is 15.0 Å². The molecule has 3 rings (SSSR count). The Morgan fingerprint density at radius 2 is 1.92 bits per heavy atom. The van der Waals surface area contributed by atoms with Gasteiger partial charge in [0.15, 0.2) is 0 Å². The number of hydrogen-bond acceptors (Lipinski definition) is 5. The molecule has 2 N–H and O–H groups in total. The SMILES string of the molecule is COC(=O)Cc1c(Cl)[nH]c(C=C2C(=O)Nc3ccccc32)c1C(=O)OC. The summed E-state index contributed by atoms with van der Waals surface area (Å²) in [7, 11) is 2.46. The lowest BCUT2D eigenvalue weighted by molar-refractivity contribution is -0.139. The Morgan fingerprint density at radius 1 is 1.19 bits per heavy atom. The summed E-state index contributed by atoms with van der Waals surface area (Å²) in [6.45, 7) is 0. The van der Waals surface area contributed by atoms with Crippen LogP contribution in [0.3, 0.4) is 0 Å². The van der Waals surface area contributed by atoms with Crippen LogP contribution in [0.1, 0.15) is 27.2 Å². The third-order valence-electron chi connectivity index (χ3n) is 4.02. The third kappa shape index (κ3) is 3.09. The molecule has 1 aliphatic heterocycles. The Kier molecular flexibility index (Phi) is 4.81. The monoisotopic (exact) mass is 374 g/mol. The third-order valence-corrected chi connectivity index (χ3v) is 4.34. The van der Waals surface area contributed by atoms with E-state index in [0.29, 0.717) is 16.8 Å². The van der Waals surface area contributed by atoms with Crippen molar-refractivity contribution >= 4 is 46.8 Å². The molecule has 2 heterocycles. The summed E-state index contributed by atoms with van der Waals surface area (Å²) in [5.41, 5.74) is 2.37. The highest BCUT2D eigenvalue weighted by atomic mass is 35.5. The summed E-state index contributed by atoms with van der Waals surface area (Å²) in [5.74, 6) is -1.54. The van der Waals surface area contributed by atoms with E-state index in [1.165, 1.54) is 20.3 Å². The van der Waals surface area contributed by atoms with Crippen LogP contribution in [0.4, 0.5) is 5.69 Å². The first-order chi connectivity index (χ1) is 12.5. The lowest BCUT2D eigenvalue weighted by Crippen LogP contribution is -2.11. The fraction of sp³-hybridized carbons (Fsp3) is 0.167. The van der Waals surface area contributed by atoms with Gasteiger partial charge in [-0.1, -0.05) is 29.8 Å². The maximum absolute atomic E-state index is 12.3. The highest BCUT2D eigenvalue weighted by Crippen LogP contribution is 2.34. The molecule has 1 amide bonds. The quantitative estimate of drug-likeness (QED) is 0.633. The first-order valence-electron chi connectivity index (χ1n) is 7.64. The Labute approximate surface area is 153 Å². The molecular weight excluding hydrogens is 360 g/mol. The molecule has 0 radical (unpaired) electrons. The number of para-hydroxylation sites is 1. The first kappa shape index (κ1) is 17.8. The van der Waals surface area contributed by atoms with Gasteiger partial charge in [0.1, 0.15) is 5.15 Å². The molecule has 0 spiro atoms. The number of anilines is 1. The number of fused-ring (bicyclic) bond motifs is 1. The Morgan fingerprint density at radius 3 is 2.62 bits per heavy atom. The van der Waals surface area contributed by atoms with Crippen molar-refractivity contribution in [3.63, 3.8) is 0 Å². The van der Waals surface area contributed by atoms with Crippen molar-refractivity contribution in [3.05, 3.63) is 51.8 Å². The molecule has 134 valence electrons. The van der Waals surface area contributed by atoms with Crippen LogP contribution in [0.5, 0.6) is 0 Å². The van der Waals surface area contributed by atoms with Gasteiger partial charge in [-0.2, -0.15) is 0 Å². The van der Waals surface area contributed by atoms with Crippen molar-refractivity contribution in [2.24, 2.45) is 0 Å². The molecule has 0 saturated carbocycles. The van der Waals surface area contributed by atoms with Crippen LogP contribution in [-0.2, 0) is 25.5 Å². The zero-order valence-corrected chi connectivity index (χ0v) is 14.8. The Bertz CT molecular complexity index is 945. The second-order valence-corrected chi connectivity index (χ2v) is 5.89. The van der Waals surface area contributed by atoms with Crippen LogP contribution >= 0.6 is 11.6 Å². The van der Waals surface area contributed by atoms with E-state index in [9.17, 15) is 14.4 Å². The van der Waals surface area contributed by atoms with Crippen molar-refractivity contribution in [3.8, 4) is 0 Å². The maximum atomic E-state index is 12.3. The minimum atomic E-state index is -0.675. The van der Waals surface area contributed by atoms with Crippen LogP contribution in [0.15, 0.2) is 24.3 Å². The molecule has 0 fully saturated rings. The van der Waals surface area contributed by atoms with E-state index in [1.54, 1.807) is 18.2 Å². The molecule has 8 heteroatoms. The van der Waals surface area contributed by atoms with E-state index < -0.39 is 11.9 Å². The predicted molar refractivity (Wildman–Crippen MR) is 95.8 cm³/mol. The van der Waals surface area contributed by atoms with Gasteiger partial charge in [-0.05, 0) is 12.1 Å². The molecule has 1 aromatic carbocycles. The lowest BCUT2D eigenvalue weighted by Gasteiger charge is -2.04. The number of aromatic nitrogens is 1. The summed E-state index contributed by atoms with van der Waals surface area (Å²) >= 11 is 6.17. The van der Waals surface area contributed by atoms with Gasteiger partial charge in [-0.15, -0.1) is 0 Å². The standard InChI is InChI=1S/C18H15ClN2O5/c1-25-14(22)8-11-15(18(24)26-2)13(20-16(11)19)7-10-9-5-3-4-6-12(9)21-17(10)23/h3-7,20H,8H2,1-2H3,(H,21,23). The Hall–Kier alpha value is -3.06. The fourth-order valence-electron chi connectivity index (χ4n) is 2.78. The van der Waals surface area contributed by atoms with E-state index in [1.807, 2.05) is 6.07 Å². The molecule has 1 aliphatic rings. The number of H-pyrrole nitrogens is 1. The minimum absolute atomic E-state index is 0.0904. The number of hydrogen-bond donors (Lipinski definition) is 2. The summed E-state index contributed by atoms with van der Waals surface area (Å²) < 4.78 is 9.45. The average molecular weight is 375 g/mol. The molecule has 2 aromatic rings. The molecule has 0 bridgehead atoms. The molecule has 1 aromatic heterocycles. The van der Waals surface area contributed by atoms with Gasteiger partial charge in [0.25, 0.3) is 5.91 Å². The van der Waals surface area contributed by atoms with Crippen LogP contribution in [0.25, 0.3) is 11.6 Å². The molecule has 0 unspecified atom stereocenters. The number of esters is 2. The number of benzene rings is 1. The fourth-order valence-corrected chi connectivity index (χ4v) is 3.04. The van der Waals surface area contributed by atoms with E-state index in [0.717, 1.165) is 0 Å². The topological polar surface area (TPSA) is 97.5 Å². The first-order valence-corrected chi connectivity index (χ1v) is 8.02. The van der Waals surface area contributed by atoms with Gasteiger partial charge in [-0.3, -0.25) is 9.59 Å². The predicted octanol–water partition coefficient (Wildman–Crippen LogP) is 2.66. The molecular formula is C18H15ClN2O5. The Balaban J connectivity index is 2.14. The van der Waals surface area contributed by atoms with Crippen LogP contribution in [0, 0.1) is 0 Å². The zero-order chi connectivity index (χ0) is 18.8. The van der Waals surface area contributed by atoms with Crippen LogP contribution in [-0.4, -0.2) is 37.0 Å². The van der Waals surface area contributed by atoms with Gasteiger partial charge >= 0.3 is 11.9 Å². The van der Waals surface area contributed by atoms with Gasteiger partial charge in [0.05, 0.1) is 37.5 Å². The van der Waals surface area contributed by atoms with E-state index >= 15 is 0 Å². The molecule has 0 atom stereocenters. The van der Waals surface area contributed by atoms with E-state index in [4.69, 9.17) is 16.3 Å². The molecule has 7 nitrogen and oxygen atoms in total. The smallest absolute Gasteiger partial charge is 0.340 e. The summed E-state index contributed by atoms with van der Waals surface area (Å²) in [6, 6.07) is 7.18. The summed E-state index contributed by atoms with van der Waals surface area (Å²) in [4.78, 5) is 39.0. The number of aromatic amines is 1. The lowest BCUT2D eigenvalue weighted by atomic mass is 10.0. The number of carbonyl (C=O) groups excluding carboxylic acids is 3. The zero-order valence-electron chi connectivity index (χ0n) is 14.0. The molecule has 26 heavy (non-hydrogen) atoms. The number of halogens is 1. The summed E-state index contributed by atoms with van der Waals surface area (Å²) in [5, 5.41) is 2.85. The largest absolute Gasteiger partial charge is 0.469 e. The average Bonchev–Trinajstić information content (AvgIpc) is 3.11. The van der Waals surface area contributed by atoms with Crippen molar-refractivity contribution in [1.29, 1.82) is 0 Å². The normalized spacial score (nSPS) is 14.1.